The second-order valence-corrected chi connectivity index (χ2v) is 6.74. The van der Waals surface area contributed by atoms with Crippen molar-refractivity contribution in [3.05, 3.63) is 43.5 Å². The van der Waals surface area contributed by atoms with Crippen molar-refractivity contribution in [1.29, 1.82) is 0 Å². The number of halogens is 2. The molecule has 0 bridgehead atoms. The molecule has 1 aromatic carbocycles. The van der Waals surface area contributed by atoms with Crippen molar-refractivity contribution >= 4 is 72.0 Å². The van der Waals surface area contributed by atoms with Crippen molar-refractivity contribution < 1.29 is 4.79 Å². The summed E-state index contributed by atoms with van der Waals surface area (Å²) in [7, 11) is 0. The van der Waals surface area contributed by atoms with E-state index in [2.05, 4.69) is 26.2 Å². The SMILES string of the molecule is O=C(Nc1c(Cl)ccc2scnc12)c1sccc1Br. The van der Waals surface area contributed by atoms with E-state index in [1.54, 1.807) is 11.6 Å². The molecule has 1 N–H and O–H groups in total. The van der Waals surface area contributed by atoms with Gasteiger partial charge in [0.05, 0.1) is 20.9 Å². The average molecular weight is 374 g/mol. The molecule has 96 valence electrons. The first-order valence-electron chi connectivity index (χ1n) is 5.23. The first-order chi connectivity index (χ1) is 9.16. The molecule has 0 spiro atoms. The normalized spacial score (nSPS) is 10.8. The Labute approximate surface area is 130 Å². The number of thiophene rings is 1. The first-order valence-corrected chi connectivity index (χ1v) is 8.16. The van der Waals surface area contributed by atoms with Crippen LogP contribution in [0.4, 0.5) is 5.69 Å². The van der Waals surface area contributed by atoms with Gasteiger partial charge in [0.15, 0.2) is 0 Å². The van der Waals surface area contributed by atoms with E-state index in [-0.39, 0.29) is 5.91 Å². The van der Waals surface area contributed by atoms with Gasteiger partial charge in [-0.3, -0.25) is 4.79 Å². The van der Waals surface area contributed by atoms with Crippen LogP contribution in [0, 0.1) is 0 Å². The molecule has 3 rings (SSSR count). The van der Waals surface area contributed by atoms with Crippen LogP contribution >= 0.6 is 50.2 Å². The summed E-state index contributed by atoms with van der Waals surface area (Å²) in [6.07, 6.45) is 0. The Bertz CT molecular complexity index is 768. The lowest BCUT2D eigenvalue weighted by Crippen LogP contribution is -2.11. The molecule has 0 unspecified atom stereocenters. The lowest BCUT2D eigenvalue weighted by molar-refractivity contribution is 0.103. The Morgan fingerprint density at radius 1 is 1.32 bits per heavy atom. The van der Waals surface area contributed by atoms with Crippen molar-refractivity contribution in [2.24, 2.45) is 0 Å². The van der Waals surface area contributed by atoms with E-state index in [9.17, 15) is 4.79 Å². The van der Waals surface area contributed by atoms with Crippen LogP contribution in [0.1, 0.15) is 9.67 Å². The number of anilines is 1. The van der Waals surface area contributed by atoms with Gasteiger partial charge in [-0.25, -0.2) is 4.98 Å². The van der Waals surface area contributed by atoms with Gasteiger partial charge >= 0.3 is 0 Å². The zero-order valence-electron chi connectivity index (χ0n) is 9.31. The maximum Gasteiger partial charge on any atom is 0.266 e. The molecule has 2 aromatic heterocycles. The lowest BCUT2D eigenvalue weighted by atomic mass is 10.2. The number of amides is 1. The first kappa shape index (κ1) is 13.1. The highest BCUT2D eigenvalue weighted by Crippen LogP contribution is 2.33. The molecule has 0 saturated heterocycles. The van der Waals surface area contributed by atoms with Crippen molar-refractivity contribution in [2.45, 2.75) is 0 Å². The third kappa shape index (κ3) is 2.41. The molecule has 1 amide bonds. The number of hydrogen-bond acceptors (Lipinski definition) is 4. The number of benzene rings is 1. The fraction of sp³-hybridized carbons (Fsp3) is 0. The van der Waals surface area contributed by atoms with E-state index in [4.69, 9.17) is 11.6 Å². The smallest absolute Gasteiger partial charge is 0.266 e. The van der Waals surface area contributed by atoms with E-state index in [1.165, 1.54) is 22.7 Å². The molecule has 0 aliphatic heterocycles. The summed E-state index contributed by atoms with van der Waals surface area (Å²) in [4.78, 5) is 17.1. The average Bonchev–Trinajstić information content (AvgIpc) is 3.01. The number of hydrogen-bond donors (Lipinski definition) is 1. The summed E-state index contributed by atoms with van der Waals surface area (Å²) >= 11 is 12.4. The van der Waals surface area contributed by atoms with Crippen molar-refractivity contribution in [3.63, 3.8) is 0 Å². The van der Waals surface area contributed by atoms with E-state index >= 15 is 0 Å². The number of carbonyl (C=O) groups is 1. The Morgan fingerprint density at radius 3 is 2.89 bits per heavy atom. The Balaban J connectivity index is 2.02. The highest BCUT2D eigenvalue weighted by Gasteiger charge is 2.16. The van der Waals surface area contributed by atoms with Gasteiger partial charge in [0, 0.05) is 4.47 Å². The van der Waals surface area contributed by atoms with Crippen LogP contribution in [-0.4, -0.2) is 10.9 Å². The second-order valence-electron chi connectivity index (χ2n) is 3.67. The van der Waals surface area contributed by atoms with Crippen LogP contribution in [0.15, 0.2) is 33.6 Å². The van der Waals surface area contributed by atoms with Gasteiger partial charge in [-0.05, 0) is 39.5 Å². The molecule has 0 aliphatic carbocycles. The summed E-state index contributed by atoms with van der Waals surface area (Å²) in [6, 6.07) is 5.50. The fourth-order valence-corrected chi connectivity index (χ4v) is 3.98. The molecule has 0 saturated carbocycles. The number of fused-ring (bicyclic) bond motifs is 1. The minimum absolute atomic E-state index is 0.190. The molecule has 0 fully saturated rings. The molecule has 0 atom stereocenters. The molecule has 19 heavy (non-hydrogen) atoms. The lowest BCUT2D eigenvalue weighted by Gasteiger charge is -2.07. The van der Waals surface area contributed by atoms with Crippen molar-refractivity contribution in [2.75, 3.05) is 5.32 Å². The predicted molar refractivity (Wildman–Crippen MR) is 84.6 cm³/mol. The summed E-state index contributed by atoms with van der Waals surface area (Å²) in [5.74, 6) is -0.190. The molecular weight excluding hydrogens is 368 g/mol. The molecule has 0 radical (unpaired) electrons. The quantitative estimate of drug-likeness (QED) is 0.685. The van der Waals surface area contributed by atoms with Gasteiger partial charge in [0.25, 0.3) is 5.91 Å². The maximum atomic E-state index is 12.2. The van der Waals surface area contributed by atoms with Crippen LogP contribution in [0.3, 0.4) is 0 Å². The fourth-order valence-electron chi connectivity index (χ4n) is 1.65. The molecule has 2 heterocycles. The van der Waals surface area contributed by atoms with Crippen LogP contribution in [-0.2, 0) is 0 Å². The monoisotopic (exact) mass is 372 g/mol. The number of aromatic nitrogens is 1. The predicted octanol–water partition coefficient (Wildman–Crippen LogP) is 5.03. The summed E-state index contributed by atoms with van der Waals surface area (Å²) in [5, 5.41) is 5.17. The van der Waals surface area contributed by atoms with Crippen LogP contribution in [0.25, 0.3) is 10.2 Å². The van der Waals surface area contributed by atoms with Gasteiger partial charge in [0.1, 0.15) is 10.4 Å². The third-order valence-corrected chi connectivity index (χ3v) is 5.46. The zero-order chi connectivity index (χ0) is 13.4. The van der Waals surface area contributed by atoms with E-state index in [0.29, 0.717) is 15.6 Å². The molecule has 7 heteroatoms. The van der Waals surface area contributed by atoms with Gasteiger partial charge < -0.3 is 5.32 Å². The zero-order valence-corrected chi connectivity index (χ0v) is 13.3. The minimum Gasteiger partial charge on any atom is -0.318 e. The van der Waals surface area contributed by atoms with E-state index in [1.807, 2.05) is 17.5 Å². The van der Waals surface area contributed by atoms with E-state index < -0.39 is 0 Å². The summed E-state index contributed by atoms with van der Waals surface area (Å²) in [5.41, 5.74) is 3.02. The third-order valence-electron chi connectivity index (χ3n) is 2.51. The number of nitrogens with one attached hydrogen (secondary N) is 1. The Kier molecular flexibility index (Phi) is 3.58. The second kappa shape index (κ2) is 5.20. The molecule has 0 aliphatic rings. The maximum absolute atomic E-state index is 12.2. The highest BCUT2D eigenvalue weighted by molar-refractivity contribution is 9.10. The van der Waals surface area contributed by atoms with Crippen molar-refractivity contribution in [1.82, 2.24) is 4.98 Å². The topological polar surface area (TPSA) is 42.0 Å². The van der Waals surface area contributed by atoms with Gasteiger partial charge in [-0.2, -0.15) is 0 Å². The van der Waals surface area contributed by atoms with Gasteiger partial charge in [0.2, 0.25) is 0 Å². The number of carbonyl (C=O) groups excluding carboxylic acids is 1. The molecular formula is C12H6BrClN2OS2. The highest BCUT2D eigenvalue weighted by atomic mass is 79.9. The summed E-state index contributed by atoms with van der Waals surface area (Å²) in [6.45, 7) is 0. The van der Waals surface area contributed by atoms with Gasteiger partial charge in [-0.1, -0.05) is 11.6 Å². The van der Waals surface area contributed by atoms with Gasteiger partial charge in [-0.15, -0.1) is 22.7 Å². The van der Waals surface area contributed by atoms with Crippen LogP contribution in [0.2, 0.25) is 5.02 Å². The largest absolute Gasteiger partial charge is 0.318 e. The van der Waals surface area contributed by atoms with Crippen LogP contribution < -0.4 is 5.32 Å². The molecule has 3 nitrogen and oxygen atoms in total. The van der Waals surface area contributed by atoms with E-state index in [0.717, 1.165) is 14.7 Å². The molecule has 3 aromatic rings. The number of nitrogens with zero attached hydrogens (tertiary/aromatic N) is 1. The number of rotatable bonds is 2. The summed E-state index contributed by atoms with van der Waals surface area (Å²) < 4.78 is 1.77. The minimum atomic E-state index is -0.190. The Hall–Kier alpha value is -0.950. The number of thiazole rings is 1. The Morgan fingerprint density at radius 2 is 2.16 bits per heavy atom. The van der Waals surface area contributed by atoms with Crippen molar-refractivity contribution in [3.8, 4) is 0 Å². The standard InChI is InChI=1S/C12H6BrClN2OS2/c13-6-3-4-18-11(6)12(17)16-9-7(14)1-2-8-10(9)15-5-19-8/h1-5H,(H,16,17). The van der Waals surface area contributed by atoms with Crippen LogP contribution in [0.5, 0.6) is 0 Å².